The van der Waals surface area contributed by atoms with Gasteiger partial charge >= 0.3 is 0 Å². The summed E-state index contributed by atoms with van der Waals surface area (Å²) in [6, 6.07) is 4.10. The van der Waals surface area contributed by atoms with Gasteiger partial charge in [0, 0.05) is 10.3 Å². The second kappa shape index (κ2) is 2.81. The normalized spacial score (nSPS) is 18.4. The molecule has 0 aliphatic carbocycles. The maximum Gasteiger partial charge on any atom is 0.0778 e. The molecule has 0 fully saturated rings. The first-order valence-corrected chi connectivity index (χ1v) is 4.80. The molecule has 2 rings (SSSR count). The second-order valence-electron chi connectivity index (χ2n) is 2.03. The molecule has 0 amide bonds. The zero-order valence-corrected chi connectivity index (χ0v) is 6.97. The van der Waals surface area contributed by atoms with Crippen molar-refractivity contribution in [3.05, 3.63) is 39.1 Å². The zero-order chi connectivity index (χ0) is 6.81. The molecule has 0 aromatic carbocycles. The van der Waals surface area contributed by atoms with Crippen molar-refractivity contribution >= 4 is 23.1 Å². The van der Waals surface area contributed by atoms with Crippen molar-refractivity contribution in [3.8, 4) is 0 Å². The van der Waals surface area contributed by atoms with Crippen LogP contribution in [0.3, 0.4) is 0 Å². The van der Waals surface area contributed by atoms with E-state index >= 15 is 0 Å². The molecule has 0 saturated heterocycles. The van der Waals surface area contributed by atoms with Gasteiger partial charge in [0.15, 0.2) is 0 Å². The third-order valence-electron chi connectivity index (χ3n) is 1.36. The average Bonchev–Trinajstić information content (AvgIpc) is 2.59. The standard InChI is InChI=1S/C8H6S2/c1-3-7(9-5-1)8-4-2-6-10-8/h1-3,6H,4H2. The van der Waals surface area contributed by atoms with Crippen LogP contribution in [0, 0.1) is 10.6 Å². The van der Waals surface area contributed by atoms with Crippen LogP contribution in [0.15, 0.2) is 23.6 Å². The minimum absolute atomic E-state index is 1.11. The predicted molar refractivity (Wildman–Crippen MR) is 46.8 cm³/mol. The van der Waals surface area contributed by atoms with Crippen LogP contribution in [-0.4, -0.2) is 0 Å². The monoisotopic (exact) mass is 166 g/mol. The van der Waals surface area contributed by atoms with Crippen molar-refractivity contribution in [2.24, 2.45) is 0 Å². The fourth-order valence-electron chi connectivity index (χ4n) is 0.883. The molecule has 1 aliphatic rings. The van der Waals surface area contributed by atoms with Gasteiger partial charge in [0.05, 0.1) is 5.25 Å². The molecule has 1 aromatic rings. The molecular weight excluding hydrogens is 160 g/mol. The number of hydrogen-bond acceptors (Lipinski definition) is 2. The van der Waals surface area contributed by atoms with E-state index in [4.69, 9.17) is 0 Å². The predicted octanol–water partition coefficient (Wildman–Crippen LogP) is 3.08. The molecule has 0 saturated carbocycles. The highest BCUT2D eigenvalue weighted by molar-refractivity contribution is 8.05. The van der Waals surface area contributed by atoms with Gasteiger partial charge in [0.2, 0.25) is 0 Å². The highest BCUT2D eigenvalue weighted by Gasteiger charge is 2.14. The van der Waals surface area contributed by atoms with Crippen LogP contribution in [0.1, 0.15) is 11.3 Å². The quantitative estimate of drug-likeness (QED) is 0.618. The van der Waals surface area contributed by atoms with Gasteiger partial charge in [-0.2, -0.15) is 0 Å². The summed E-state index contributed by atoms with van der Waals surface area (Å²) >= 11 is 3.52. The van der Waals surface area contributed by atoms with Crippen molar-refractivity contribution in [1.82, 2.24) is 0 Å². The Bertz CT molecular complexity index is 215. The van der Waals surface area contributed by atoms with Gasteiger partial charge in [-0.3, -0.25) is 0 Å². The Morgan fingerprint density at radius 2 is 2.50 bits per heavy atom. The van der Waals surface area contributed by atoms with Crippen molar-refractivity contribution < 1.29 is 0 Å². The first-order chi connectivity index (χ1) is 4.97. The molecule has 50 valence electrons. The van der Waals surface area contributed by atoms with Gasteiger partial charge in [-0.1, -0.05) is 6.08 Å². The number of rotatable bonds is 1. The zero-order valence-electron chi connectivity index (χ0n) is 5.33. The fourth-order valence-corrected chi connectivity index (χ4v) is 2.48. The van der Waals surface area contributed by atoms with Crippen LogP contribution in [0.4, 0.5) is 0 Å². The molecule has 0 spiro atoms. The molecule has 10 heavy (non-hydrogen) atoms. The maximum absolute atomic E-state index is 3.09. The van der Waals surface area contributed by atoms with Crippen LogP contribution in [-0.2, 0) is 0 Å². The highest BCUT2D eigenvalue weighted by atomic mass is 32.2. The van der Waals surface area contributed by atoms with E-state index in [-0.39, 0.29) is 0 Å². The van der Waals surface area contributed by atoms with Crippen molar-refractivity contribution in [2.45, 2.75) is 6.42 Å². The smallest absolute Gasteiger partial charge is 0.0778 e. The first-order valence-electron chi connectivity index (χ1n) is 3.10. The SMILES string of the molecule is [c]1ccc([C]2CC=CS2)s1. The second-order valence-corrected chi connectivity index (χ2v) is 3.91. The van der Waals surface area contributed by atoms with Gasteiger partial charge in [0.25, 0.3) is 0 Å². The van der Waals surface area contributed by atoms with E-state index in [1.807, 2.05) is 17.8 Å². The molecule has 0 bridgehead atoms. The summed E-state index contributed by atoms with van der Waals surface area (Å²) in [5.41, 5.74) is 0. The molecule has 2 radical (unpaired) electrons. The number of thioether (sulfide) groups is 1. The van der Waals surface area contributed by atoms with E-state index in [0.717, 1.165) is 6.42 Å². The summed E-state index contributed by atoms with van der Waals surface area (Å²) < 4.78 is 0. The summed E-state index contributed by atoms with van der Waals surface area (Å²) in [6.45, 7) is 0. The summed E-state index contributed by atoms with van der Waals surface area (Å²) in [6.07, 6.45) is 3.30. The maximum atomic E-state index is 3.09. The molecule has 1 aromatic heterocycles. The summed E-state index contributed by atoms with van der Waals surface area (Å²) in [5.74, 6) is 0. The largest absolute Gasteiger partial charge is 0.138 e. The molecule has 0 atom stereocenters. The lowest BCUT2D eigenvalue weighted by Crippen LogP contribution is -1.82. The minimum atomic E-state index is 1.11. The lowest BCUT2D eigenvalue weighted by Gasteiger charge is -2.01. The van der Waals surface area contributed by atoms with Gasteiger partial charge in [-0.05, 0) is 24.0 Å². The summed E-state index contributed by atoms with van der Waals surface area (Å²) in [7, 11) is 0. The van der Waals surface area contributed by atoms with Crippen LogP contribution in [0.2, 0.25) is 0 Å². The van der Waals surface area contributed by atoms with Crippen molar-refractivity contribution in [1.29, 1.82) is 0 Å². The van der Waals surface area contributed by atoms with Crippen LogP contribution in [0.5, 0.6) is 0 Å². The fraction of sp³-hybridized carbons (Fsp3) is 0.125. The molecule has 2 heteroatoms. The number of thiophene rings is 1. The topological polar surface area (TPSA) is 0 Å². The van der Waals surface area contributed by atoms with E-state index in [0.29, 0.717) is 0 Å². The Labute approximate surface area is 69.0 Å². The Morgan fingerprint density at radius 1 is 1.50 bits per heavy atom. The van der Waals surface area contributed by atoms with Crippen LogP contribution >= 0.6 is 23.1 Å². The van der Waals surface area contributed by atoms with Gasteiger partial charge in [-0.15, -0.1) is 23.1 Å². The first kappa shape index (κ1) is 6.50. The van der Waals surface area contributed by atoms with Crippen LogP contribution < -0.4 is 0 Å². The van der Waals surface area contributed by atoms with Crippen molar-refractivity contribution in [3.63, 3.8) is 0 Å². The Balaban J connectivity index is 2.14. The van der Waals surface area contributed by atoms with E-state index in [2.05, 4.69) is 22.9 Å². The van der Waals surface area contributed by atoms with E-state index in [9.17, 15) is 0 Å². The lowest BCUT2D eigenvalue weighted by molar-refractivity contribution is 1.25. The average molecular weight is 166 g/mol. The van der Waals surface area contributed by atoms with Gasteiger partial charge < -0.3 is 0 Å². The Hall–Kier alpha value is -0.210. The van der Waals surface area contributed by atoms with Gasteiger partial charge in [-0.25, -0.2) is 0 Å². The van der Waals surface area contributed by atoms with E-state index < -0.39 is 0 Å². The van der Waals surface area contributed by atoms with E-state index in [1.165, 1.54) is 10.1 Å². The van der Waals surface area contributed by atoms with Gasteiger partial charge in [0.1, 0.15) is 0 Å². The molecule has 2 heterocycles. The molecule has 0 N–H and O–H groups in total. The lowest BCUT2D eigenvalue weighted by atomic mass is 10.2. The minimum Gasteiger partial charge on any atom is -0.138 e. The molecule has 0 unspecified atom stereocenters. The highest BCUT2D eigenvalue weighted by Crippen LogP contribution is 2.38. The number of allylic oxidation sites excluding steroid dienone is 1. The Kier molecular flexibility index (Phi) is 1.82. The summed E-state index contributed by atoms with van der Waals surface area (Å²) in [5, 5.41) is 6.70. The molecular formula is C8H6S2. The van der Waals surface area contributed by atoms with Crippen molar-refractivity contribution in [2.75, 3.05) is 0 Å². The summed E-state index contributed by atoms with van der Waals surface area (Å²) in [4.78, 5) is 1.37. The molecule has 0 nitrogen and oxygen atoms in total. The third kappa shape index (κ3) is 1.13. The van der Waals surface area contributed by atoms with E-state index in [1.54, 1.807) is 11.3 Å². The number of hydrogen-bond donors (Lipinski definition) is 0. The van der Waals surface area contributed by atoms with Crippen LogP contribution in [0.25, 0.3) is 0 Å². The Morgan fingerprint density at radius 3 is 3.10 bits per heavy atom. The molecule has 1 aliphatic heterocycles. The third-order valence-corrected chi connectivity index (χ3v) is 3.34.